The summed E-state index contributed by atoms with van der Waals surface area (Å²) in [6.45, 7) is 1.23. The number of rotatable bonds is 5. The predicted octanol–water partition coefficient (Wildman–Crippen LogP) is 4.05. The molecule has 0 saturated heterocycles. The third-order valence-electron chi connectivity index (χ3n) is 3.60. The van der Waals surface area contributed by atoms with Crippen molar-refractivity contribution >= 4 is 40.2 Å². The van der Waals surface area contributed by atoms with Gasteiger partial charge in [-0.3, -0.25) is 4.79 Å². The molecule has 0 fully saturated rings. The fourth-order valence-electron chi connectivity index (χ4n) is 2.36. The number of halogens is 1. The highest BCUT2D eigenvalue weighted by molar-refractivity contribution is 14.1. The lowest BCUT2D eigenvalue weighted by molar-refractivity contribution is -0.119. The van der Waals surface area contributed by atoms with Crippen molar-refractivity contribution in [2.75, 3.05) is 11.9 Å². The number of carbonyl (C=O) groups is 2. The molecule has 1 heterocycles. The van der Waals surface area contributed by atoms with E-state index >= 15 is 0 Å². The second-order valence-corrected chi connectivity index (χ2v) is 6.59. The Balaban J connectivity index is 1.69. The molecule has 132 valence electrons. The molecule has 7 heteroatoms. The first-order valence-electron chi connectivity index (χ1n) is 7.79. The van der Waals surface area contributed by atoms with E-state index in [0.29, 0.717) is 17.1 Å². The average molecular weight is 462 g/mol. The number of carbonyl (C=O) groups excluding carboxylic acids is 2. The van der Waals surface area contributed by atoms with Gasteiger partial charge in [0.05, 0.1) is 5.69 Å². The van der Waals surface area contributed by atoms with Gasteiger partial charge in [-0.25, -0.2) is 4.79 Å². The summed E-state index contributed by atoms with van der Waals surface area (Å²) < 4.78 is 11.2. The molecule has 0 unspecified atom stereocenters. The lowest BCUT2D eigenvalue weighted by atomic mass is 10.1. The highest BCUT2D eigenvalue weighted by Gasteiger charge is 2.23. The van der Waals surface area contributed by atoms with Crippen LogP contribution < -0.4 is 5.32 Å². The van der Waals surface area contributed by atoms with Gasteiger partial charge < -0.3 is 14.6 Å². The molecule has 0 aliphatic heterocycles. The normalized spacial score (nSPS) is 10.4. The molecule has 0 radical (unpaired) electrons. The van der Waals surface area contributed by atoms with Gasteiger partial charge in [0, 0.05) is 9.13 Å². The van der Waals surface area contributed by atoms with E-state index in [4.69, 9.17) is 9.26 Å². The second-order valence-electron chi connectivity index (χ2n) is 5.43. The van der Waals surface area contributed by atoms with Crippen molar-refractivity contribution in [2.24, 2.45) is 0 Å². The van der Waals surface area contributed by atoms with Crippen LogP contribution in [0.1, 0.15) is 16.1 Å². The third kappa shape index (κ3) is 4.10. The van der Waals surface area contributed by atoms with Crippen LogP contribution in [-0.2, 0) is 9.53 Å². The molecule has 0 aliphatic rings. The molecular formula is C19H15IN2O4. The van der Waals surface area contributed by atoms with Crippen molar-refractivity contribution in [3.05, 3.63) is 69.5 Å². The number of aryl methyl sites for hydroxylation is 1. The van der Waals surface area contributed by atoms with E-state index in [-0.39, 0.29) is 5.56 Å². The van der Waals surface area contributed by atoms with Crippen LogP contribution in [0.5, 0.6) is 0 Å². The molecule has 0 spiro atoms. The van der Waals surface area contributed by atoms with Crippen molar-refractivity contribution in [1.29, 1.82) is 0 Å². The Morgan fingerprint density at radius 1 is 1.12 bits per heavy atom. The molecule has 2 aromatic carbocycles. The van der Waals surface area contributed by atoms with Crippen LogP contribution in [-0.4, -0.2) is 23.6 Å². The number of nitrogens with zero attached hydrogens (tertiary/aromatic N) is 1. The fourth-order valence-corrected chi connectivity index (χ4v) is 2.88. The number of aromatic nitrogens is 1. The number of benzene rings is 2. The molecule has 3 aromatic rings. The summed E-state index contributed by atoms with van der Waals surface area (Å²) in [5.74, 6) is -0.731. The van der Waals surface area contributed by atoms with E-state index in [0.717, 1.165) is 9.13 Å². The summed E-state index contributed by atoms with van der Waals surface area (Å²) in [7, 11) is 0. The lowest BCUT2D eigenvalue weighted by Crippen LogP contribution is -2.21. The number of para-hydroxylation sites is 1. The zero-order valence-electron chi connectivity index (χ0n) is 13.9. The fraction of sp³-hybridized carbons (Fsp3) is 0.105. The maximum absolute atomic E-state index is 12.4. The molecule has 26 heavy (non-hydrogen) atoms. The van der Waals surface area contributed by atoms with Gasteiger partial charge in [-0.2, -0.15) is 0 Å². The number of anilines is 1. The first kappa shape index (κ1) is 18.1. The first-order chi connectivity index (χ1) is 12.6. The molecule has 0 atom stereocenters. The van der Waals surface area contributed by atoms with Crippen LogP contribution in [0.4, 0.5) is 5.69 Å². The van der Waals surface area contributed by atoms with E-state index in [1.54, 1.807) is 13.0 Å². The second kappa shape index (κ2) is 8.13. The summed E-state index contributed by atoms with van der Waals surface area (Å²) in [6.07, 6.45) is 0. The highest BCUT2D eigenvalue weighted by Crippen LogP contribution is 2.25. The molecule has 1 aromatic heterocycles. The predicted molar refractivity (Wildman–Crippen MR) is 105 cm³/mol. The van der Waals surface area contributed by atoms with Crippen LogP contribution >= 0.6 is 22.6 Å². The monoisotopic (exact) mass is 462 g/mol. The molecular weight excluding hydrogens is 447 g/mol. The van der Waals surface area contributed by atoms with Gasteiger partial charge in [-0.15, -0.1) is 0 Å². The Labute approximate surface area is 163 Å². The molecule has 3 rings (SSSR count). The first-order valence-corrected chi connectivity index (χ1v) is 8.87. The number of nitrogens with one attached hydrogen (secondary N) is 1. The molecule has 0 bridgehead atoms. The van der Waals surface area contributed by atoms with Crippen molar-refractivity contribution in [3.8, 4) is 11.3 Å². The molecule has 0 aliphatic carbocycles. The number of esters is 1. The summed E-state index contributed by atoms with van der Waals surface area (Å²) in [6, 6.07) is 16.5. The summed E-state index contributed by atoms with van der Waals surface area (Å²) >= 11 is 2.12. The molecule has 6 nitrogen and oxygen atoms in total. The Kier molecular flexibility index (Phi) is 5.67. The largest absolute Gasteiger partial charge is 0.452 e. The van der Waals surface area contributed by atoms with E-state index in [9.17, 15) is 9.59 Å². The topological polar surface area (TPSA) is 81.4 Å². The van der Waals surface area contributed by atoms with Gasteiger partial charge in [0.15, 0.2) is 6.61 Å². The molecule has 1 N–H and O–H groups in total. The Morgan fingerprint density at radius 2 is 1.81 bits per heavy atom. The van der Waals surface area contributed by atoms with Crippen molar-refractivity contribution < 1.29 is 18.8 Å². The smallest absolute Gasteiger partial charge is 0.344 e. The highest BCUT2D eigenvalue weighted by atomic mass is 127. The Morgan fingerprint density at radius 3 is 2.54 bits per heavy atom. The Hall–Kier alpha value is -2.68. The van der Waals surface area contributed by atoms with Gasteiger partial charge >= 0.3 is 5.97 Å². The Bertz CT molecular complexity index is 938. The summed E-state index contributed by atoms with van der Waals surface area (Å²) in [4.78, 5) is 24.5. The van der Waals surface area contributed by atoms with Gasteiger partial charge in [0.2, 0.25) is 0 Å². The van der Waals surface area contributed by atoms with E-state index in [1.807, 2.05) is 48.5 Å². The number of hydrogen-bond donors (Lipinski definition) is 1. The van der Waals surface area contributed by atoms with Gasteiger partial charge in [0.25, 0.3) is 5.91 Å². The minimum Gasteiger partial charge on any atom is -0.452 e. The van der Waals surface area contributed by atoms with Crippen LogP contribution in [0.3, 0.4) is 0 Å². The maximum atomic E-state index is 12.4. The van der Waals surface area contributed by atoms with Crippen LogP contribution in [0.15, 0.2) is 59.1 Å². The number of amides is 1. The van der Waals surface area contributed by atoms with Crippen LogP contribution in [0.2, 0.25) is 0 Å². The number of ether oxygens (including phenoxy) is 1. The van der Waals surface area contributed by atoms with Crippen molar-refractivity contribution in [1.82, 2.24) is 5.16 Å². The van der Waals surface area contributed by atoms with Crippen molar-refractivity contribution in [3.63, 3.8) is 0 Å². The maximum Gasteiger partial charge on any atom is 0.344 e. The molecule has 0 saturated carbocycles. The lowest BCUT2D eigenvalue weighted by Gasteiger charge is -2.08. The van der Waals surface area contributed by atoms with Gasteiger partial charge in [-0.1, -0.05) is 47.6 Å². The zero-order chi connectivity index (χ0) is 18.5. The van der Waals surface area contributed by atoms with Crippen molar-refractivity contribution in [2.45, 2.75) is 6.92 Å². The number of hydrogen-bond acceptors (Lipinski definition) is 5. The van der Waals surface area contributed by atoms with E-state index in [1.165, 1.54) is 0 Å². The minimum absolute atomic E-state index is 0.221. The third-order valence-corrected chi connectivity index (χ3v) is 4.54. The summed E-state index contributed by atoms with van der Waals surface area (Å²) in [5, 5.41) is 6.65. The quantitative estimate of drug-likeness (QED) is 0.457. The summed E-state index contributed by atoms with van der Waals surface area (Å²) in [5.41, 5.74) is 2.02. The van der Waals surface area contributed by atoms with Gasteiger partial charge in [0.1, 0.15) is 17.0 Å². The van der Waals surface area contributed by atoms with E-state index in [2.05, 4.69) is 33.1 Å². The van der Waals surface area contributed by atoms with Crippen LogP contribution in [0, 0.1) is 10.5 Å². The average Bonchev–Trinajstić information content (AvgIpc) is 3.04. The standard InChI is InChI=1S/C19H15IN2O4/c1-12-17(18(22-26-12)13-7-3-2-4-8-13)19(24)25-11-16(23)21-15-10-6-5-9-14(15)20/h2-10H,11H2,1H3,(H,21,23). The zero-order valence-corrected chi connectivity index (χ0v) is 16.0. The minimum atomic E-state index is -0.652. The van der Waals surface area contributed by atoms with Gasteiger partial charge in [-0.05, 0) is 41.6 Å². The molecule has 1 amide bonds. The van der Waals surface area contributed by atoms with Crippen LogP contribution in [0.25, 0.3) is 11.3 Å². The van der Waals surface area contributed by atoms with E-state index < -0.39 is 18.5 Å². The SMILES string of the molecule is Cc1onc(-c2ccccc2)c1C(=O)OCC(=O)Nc1ccccc1I.